The molecule has 0 aliphatic rings. The maximum atomic E-state index is 12.4. The molecule has 1 amide bonds. The molecule has 0 radical (unpaired) electrons. The standard InChI is InChI=1S/C16H16BrNO2/c1-11-7-13(9-14(17)8-11)16(20)18(2)10-12-3-5-15(19)6-4-12/h3-9,19H,10H2,1-2H3. The molecule has 0 unspecified atom stereocenters. The Balaban J connectivity index is 2.14. The zero-order valence-corrected chi connectivity index (χ0v) is 13.0. The third kappa shape index (κ3) is 3.61. The minimum atomic E-state index is -0.0255. The van der Waals surface area contributed by atoms with E-state index < -0.39 is 0 Å². The molecule has 0 aliphatic heterocycles. The van der Waals surface area contributed by atoms with Gasteiger partial charge in [-0.3, -0.25) is 4.79 Å². The molecule has 0 atom stereocenters. The van der Waals surface area contributed by atoms with Gasteiger partial charge in [-0.2, -0.15) is 0 Å². The lowest BCUT2D eigenvalue weighted by atomic mass is 10.1. The Bertz CT molecular complexity index is 603. The summed E-state index contributed by atoms with van der Waals surface area (Å²) in [6, 6.07) is 12.5. The van der Waals surface area contributed by atoms with Crippen LogP contribution >= 0.6 is 15.9 Å². The number of aromatic hydroxyl groups is 1. The summed E-state index contributed by atoms with van der Waals surface area (Å²) < 4.78 is 0.902. The monoisotopic (exact) mass is 333 g/mol. The van der Waals surface area contributed by atoms with Crippen LogP contribution in [0.1, 0.15) is 21.5 Å². The number of nitrogens with zero attached hydrogens (tertiary/aromatic N) is 1. The number of amides is 1. The Labute approximate surface area is 127 Å². The quantitative estimate of drug-likeness (QED) is 0.929. The second-order valence-electron chi connectivity index (χ2n) is 4.84. The number of aryl methyl sites for hydroxylation is 1. The molecule has 0 spiro atoms. The summed E-state index contributed by atoms with van der Waals surface area (Å²) in [6.45, 7) is 2.46. The zero-order valence-electron chi connectivity index (χ0n) is 11.4. The lowest BCUT2D eigenvalue weighted by Gasteiger charge is -2.18. The number of hydrogen-bond donors (Lipinski definition) is 1. The molecule has 0 heterocycles. The summed E-state index contributed by atoms with van der Waals surface area (Å²) in [5.74, 6) is 0.202. The van der Waals surface area contributed by atoms with E-state index in [1.54, 1.807) is 24.1 Å². The van der Waals surface area contributed by atoms with Crippen LogP contribution in [0.15, 0.2) is 46.9 Å². The van der Waals surface area contributed by atoms with E-state index in [0.717, 1.165) is 15.6 Å². The van der Waals surface area contributed by atoms with Gasteiger partial charge in [-0.05, 0) is 48.4 Å². The molecule has 2 rings (SSSR count). The van der Waals surface area contributed by atoms with E-state index in [-0.39, 0.29) is 11.7 Å². The lowest BCUT2D eigenvalue weighted by molar-refractivity contribution is 0.0785. The number of benzene rings is 2. The highest BCUT2D eigenvalue weighted by atomic mass is 79.9. The first-order valence-corrected chi connectivity index (χ1v) is 7.05. The van der Waals surface area contributed by atoms with Gasteiger partial charge in [0.05, 0.1) is 0 Å². The summed E-state index contributed by atoms with van der Waals surface area (Å²) in [4.78, 5) is 14.0. The van der Waals surface area contributed by atoms with Crippen LogP contribution in [0.2, 0.25) is 0 Å². The second kappa shape index (κ2) is 6.09. The highest BCUT2D eigenvalue weighted by molar-refractivity contribution is 9.10. The van der Waals surface area contributed by atoms with Crippen molar-refractivity contribution >= 4 is 21.8 Å². The van der Waals surface area contributed by atoms with Gasteiger partial charge in [0.15, 0.2) is 0 Å². The molecule has 2 aromatic carbocycles. The van der Waals surface area contributed by atoms with Crippen molar-refractivity contribution < 1.29 is 9.90 Å². The molecule has 0 aromatic heterocycles. The summed E-state index contributed by atoms with van der Waals surface area (Å²) >= 11 is 3.41. The number of rotatable bonds is 3. The zero-order chi connectivity index (χ0) is 14.7. The van der Waals surface area contributed by atoms with E-state index in [4.69, 9.17) is 0 Å². The second-order valence-corrected chi connectivity index (χ2v) is 5.76. The van der Waals surface area contributed by atoms with Gasteiger partial charge in [0.2, 0.25) is 0 Å². The Hall–Kier alpha value is -1.81. The predicted octanol–water partition coefficient (Wildman–Crippen LogP) is 3.74. The smallest absolute Gasteiger partial charge is 0.253 e. The molecule has 0 aliphatic carbocycles. The fourth-order valence-electron chi connectivity index (χ4n) is 2.03. The topological polar surface area (TPSA) is 40.5 Å². The van der Waals surface area contributed by atoms with Crippen LogP contribution in [0.4, 0.5) is 0 Å². The SMILES string of the molecule is Cc1cc(Br)cc(C(=O)N(C)Cc2ccc(O)cc2)c1. The van der Waals surface area contributed by atoms with Crippen LogP contribution in [0, 0.1) is 6.92 Å². The van der Waals surface area contributed by atoms with Crippen LogP contribution in [0.5, 0.6) is 5.75 Å². The first-order chi connectivity index (χ1) is 9.45. The molecule has 1 N–H and O–H groups in total. The van der Waals surface area contributed by atoms with Gasteiger partial charge >= 0.3 is 0 Å². The van der Waals surface area contributed by atoms with Crippen LogP contribution < -0.4 is 0 Å². The predicted molar refractivity (Wildman–Crippen MR) is 82.8 cm³/mol. The van der Waals surface area contributed by atoms with Crippen molar-refractivity contribution in [1.82, 2.24) is 4.90 Å². The molecule has 0 saturated heterocycles. The van der Waals surface area contributed by atoms with E-state index in [2.05, 4.69) is 15.9 Å². The molecule has 4 heteroatoms. The molecule has 2 aromatic rings. The van der Waals surface area contributed by atoms with E-state index in [1.165, 1.54) is 0 Å². The molecule has 3 nitrogen and oxygen atoms in total. The van der Waals surface area contributed by atoms with Gasteiger partial charge in [0.1, 0.15) is 5.75 Å². The molecule has 0 bridgehead atoms. The third-order valence-corrected chi connectivity index (χ3v) is 3.45. The first-order valence-electron chi connectivity index (χ1n) is 6.26. The van der Waals surface area contributed by atoms with Crippen molar-refractivity contribution in [2.45, 2.75) is 13.5 Å². The molecular formula is C16H16BrNO2. The van der Waals surface area contributed by atoms with Crippen molar-refractivity contribution in [2.24, 2.45) is 0 Å². The van der Waals surface area contributed by atoms with Gasteiger partial charge < -0.3 is 10.0 Å². The van der Waals surface area contributed by atoms with Crippen molar-refractivity contribution in [3.8, 4) is 5.75 Å². The maximum Gasteiger partial charge on any atom is 0.253 e. The van der Waals surface area contributed by atoms with Gasteiger partial charge in [0, 0.05) is 23.6 Å². The van der Waals surface area contributed by atoms with Crippen molar-refractivity contribution in [1.29, 1.82) is 0 Å². The average Bonchev–Trinajstić information content (AvgIpc) is 2.39. The number of phenols is 1. The average molecular weight is 334 g/mol. The van der Waals surface area contributed by atoms with Crippen LogP contribution in [-0.4, -0.2) is 23.0 Å². The largest absolute Gasteiger partial charge is 0.508 e. The van der Waals surface area contributed by atoms with Crippen LogP contribution in [-0.2, 0) is 6.54 Å². The minimum Gasteiger partial charge on any atom is -0.508 e. The molecule has 0 saturated carbocycles. The first kappa shape index (κ1) is 14.6. The summed E-state index contributed by atoms with van der Waals surface area (Å²) in [7, 11) is 1.77. The van der Waals surface area contributed by atoms with E-state index in [1.807, 2.05) is 37.3 Å². The number of carbonyl (C=O) groups excluding carboxylic acids is 1. The fourth-order valence-corrected chi connectivity index (χ4v) is 2.63. The summed E-state index contributed by atoms with van der Waals surface area (Å²) in [5.41, 5.74) is 2.68. The fraction of sp³-hybridized carbons (Fsp3) is 0.188. The number of phenolic OH excluding ortho intramolecular Hbond substituents is 1. The maximum absolute atomic E-state index is 12.4. The molecular weight excluding hydrogens is 318 g/mol. The minimum absolute atomic E-state index is 0.0255. The third-order valence-electron chi connectivity index (χ3n) is 2.99. The van der Waals surface area contributed by atoms with Crippen molar-refractivity contribution in [3.05, 3.63) is 63.6 Å². The Morgan fingerprint density at radius 3 is 2.45 bits per heavy atom. The van der Waals surface area contributed by atoms with Gasteiger partial charge in [-0.25, -0.2) is 0 Å². The van der Waals surface area contributed by atoms with Crippen molar-refractivity contribution in [3.63, 3.8) is 0 Å². The number of carbonyl (C=O) groups is 1. The lowest BCUT2D eigenvalue weighted by Crippen LogP contribution is -2.26. The molecule has 0 fully saturated rings. The number of hydrogen-bond acceptors (Lipinski definition) is 2. The highest BCUT2D eigenvalue weighted by Crippen LogP contribution is 2.18. The summed E-state index contributed by atoms with van der Waals surface area (Å²) in [5, 5.41) is 9.25. The van der Waals surface area contributed by atoms with E-state index >= 15 is 0 Å². The highest BCUT2D eigenvalue weighted by Gasteiger charge is 2.13. The van der Waals surface area contributed by atoms with Crippen LogP contribution in [0.25, 0.3) is 0 Å². The Morgan fingerprint density at radius 1 is 1.20 bits per heavy atom. The molecule has 104 valence electrons. The summed E-state index contributed by atoms with van der Waals surface area (Å²) in [6.07, 6.45) is 0. The Morgan fingerprint density at radius 2 is 1.85 bits per heavy atom. The van der Waals surface area contributed by atoms with Crippen molar-refractivity contribution in [2.75, 3.05) is 7.05 Å². The van der Waals surface area contributed by atoms with E-state index in [0.29, 0.717) is 12.1 Å². The Kier molecular flexibility index (Phi) is 4.45. The molecule has 20 heavy (non-hydrogen) atoms. The van der Waals surface area contributed by atoms with Crippen LogP contribution in [0.3, 0.4) is 0 Å². The van der Waals surface area contributed by atoms with Gasteiger partial charge in [-0.15, -0.1) is 0 Å². The normalized spacial score (nSPS) is 10.3. The van der Waals surface area contributed by atoms with Gasteiger partial charge in [0.25, 0.3) is 5.91 Å². The van der Waals surface area contributed by atoms with Gasteiger partial charge in [-0.1, -0.05) is 28.1 Å². The number of halogens is 1. The van der Waals surface area contributed by atoms with E-state index in [9.17, 15) is 9.90 Å².